The molecule has 4 heteroatoms. The van der Waals surface area contributed by atoms with Crippen molar-refractivity contribution in [3.8, 4) is 5.75 Å². The van der Waals surface area contributed by atoms with Crippen LogP contribution in [0.4, 0.5) is 0 Å². The van der Waals surface area contributed by atoms with Crippen LogP contribution in [0.5, 0.6) is 5.75 Å². The van der Waals surface area contributed by atoms with E-state index in [9.17, 15) is 9.79 Å². The maximum absolute atomic E-state index is 10.5. The van der Waals surface area contributed by atoms with E-state index < -0.39 is 7.94 Å². The Morgan fingerprint density at radius 2 is 1.37 bits per heavy atom. The first-order chi connectivity index (χ1) is 12.4. The molecule has 1 aromatic carbocycles. The van der Waals surface area contributed by atoms with Crippen molar-refractivity contribution >= 4 is 7.94 Å². The molecule has 0 heterocycles. The van der Waals surface area contributed by atoms with Crippen molar-refractivity contribution in [1.29, 1.82) is 0 Å². The Morgan fingerprint density at radius 3 is 1.89 bits per heavy atom. The second kappa shape index (κ2) is 10.2. The Hall–Kier alpha value is -0.630. The van der Waals surface area contributed by atoms with Gasteiger partial charge in [-0.2, -0.15) is 0 Å². The summed E-state index contributed by atoms with van der Waals surface area (Å²) in [7, 11) is -3.69. The standard InChI is InChI=1S/C23H43O3P/c1-8-9-10-11-12-13-14-17-27(24,25)26-21-16-15-19(22(2,3)4)18-20(21)23(5,6)7/h15-16,18,24-25,27H,8-14,17H2,1-7H3. The molecule has 0 amide bonds. The Labute approximate surface area is 168 Å². The predicted molar refractivity (Wildman–Crippen MR) is 120 cm³/mol. The van der Waals surface area contributed by atoms with E-state index in [1.165, 1.54) is 31.2 Å². The molecule has 0 bridgehead atoms. The van der Waals surface area contributed by atoms with Crippen LogP contribution in [0.3, 0.4) is 0 Å². The topological polar surface area (TPSA) is 49.7 Å². The van der Waals surface area contributed by atoms with Gasteiger partial charge < -0.3 is 0 Å². The quantitative estimate of drug-likeness (QED) is 0.333. The Kier molecular flexibility index (Phi) is 9.25. The molecule has 1 aromatic rings. The molecule has 1 rings (SSSR count). The fourth-order valence-corrected chi connectivity index (χ4v) is 4.55. The van der Waals surface area contributed by atoms with Crippen LogP contribution in [-0.4, -0.2) is 15.9 Å². The zero-order valence-electron chi connectivity index (χ0n) is 18.7. The second-order valence-corrected chi connectivity index (χ2v) is 12.1. The third kappa shape index (κ3) is 8.94. The van der Waals surface area contributed by atoms with E-state index in [0.29, 0.717) is 11.9 Å². The Morgan fingerprint density at radius 1 is 0.815 bits per heavy atom. The summed E-state index contributed by atoms with van der Waals surface area (Å²) in [5.41, 5.74) is 2.19. The molecule has 0 unspecified atom stereocenters. The zero-order chi connectivity index (χ0) is 20.7. The first kappa shape index (κ1) is 24.4. The molecular weight excluding hydrogens is 355 g/mol. The number of hydrogen-bond donors (Lipinski definition) is 2. The third-order valence-electron chi connectivity index (χ3n) is 5.03. The van der Waals surface area contributed by atoms with Crippen LogP contribution in [-0.2, 0) is 10.8 Å². The molecule has 3 nitrogen and oxygen atoms in total. The van der Waals surface area contributed by atoms with Gasteiger partial charge in [0.15, 0.2) is 0 Å². The van der Waals surface area contributed by atoms with Gasteiger partial charge >= 0.3 is 168 Å². The molecule has 0 aromatic heterocycles. The van der Waals surface area contributed by atoms with Gasteiger partial charge in [-0.05, 0) is 0 Å². The van der Waals surface area contributed by atoms with E-state index >= 15 is 0 Å². The third-order valence-corrected chi connectivity index (χ3v) is 6.58. The van der Waals surface area contributed by atoms with E-state index in [1.54, 1.807) is 0 Å². The van der Waals surface area contributed by atoms with Crippen LogP contribution < -0.4 is 4.52 Å². The monoisotopic (exact) mass is 398 g/mol. The van der Waals surface area contributed by atoms with E-state index in [4.69, 9.17) is 4.52 Å². The van der Waals surface area contributed by atoms with Crippen molar-refractivity contribution in [2.45, 2.75) is 104 Å². The van der Waals surface area contributed by atoms with Crippen molar-refractivity contribution in [1.82, 2.24) is 0 Å². The summed E-state index contributed by atoms with van der Waals surface area (Å²) in [6.45, 7) is 15.2. The summed E-state index contributed by atoms with van der Waals surface area (Å²) in [5, 5.41) is 0. The summed E-state index contributed by atoms with van der Waals surface area (Å²) < 4.78 is 5.82. The van der Waals surface area contributed by atoms with Crippen LogP contribution in [0.15, 0.2) is 18.2 Å². The van der Waals surface area contributed by atoms with Crippen LogP contribution in [0.25, 0.3) is 0 Å². The summed E-state index contributed by atoms with van der Waals surface area (Å²) in [6.07, 6.45) is 8.45. The molecule has 0 aliphatic rings. The van der Waals surface area contributed by atoms with Gasteiger partial charge in [-0.15, -0.1) is 0 Å². The van der Waals surface area contributed by atoms with Gasteiger partial charge in [0.25, 0.3) is 0 Å². The number of unbranched alkanes of at least 4 members (excludes halogenated alkanes) is 6. The van der Waals surface area contributed by atoms with Crippen LogP contribution in [0.2, 0.25) is 0 Å². The second-order valence-electron chi connectivity index (χ2n) is 9.93. The van der Waals surface area contributed by atoms with Gasteiger partial charge in [-0.1, -0.05) is 0 Å². The first-order valence-corrected chi connectivity index (χ1v) is 12.7. The fraction of sp³-hybridized carbons (Fsp3) is 0.739. The fourth-order valence-electron chi connectivity index (χ4n) is 3.21. The molecule has 0 aliphatic carbocycles. The van der Waals surface area contributed by atoms with E-state index in [-0.39, 0.29) is 10.8 Å². The average Bonchev–Trinajstić information content (AvgIpc) is 2.52. The molecule has 0 aliphatic heterocycles. The van der Waals surface area contributed by atoms with Crippen LogP contribution in [0.1, 0.15) is 105 Å². The molecule has 0 fully saturated rings. The molecule has 2 N–H and O–H groups in total. The molecule has 0 atom stereocenters. The molecule has 0 spiro atoms. The zero-order valence-corrected chi connectivity index (χ0v) is 19.7. The normalized spacial score (nSPS) is 13.7. The minimum atomic E-state index is -3.69. The van der Waals surface area contributed by atoms with Crippen molar-refractivity contribution in [3.05, 3.63) is 29.3 Å². The van der Waals surface area contributed by atoms with E-state index in [0.717, 1.165) is 24.8 Å². The molecule has 0 saturated carbocycles. The number of rotatable bonds is 10. The van der Waals surface area contributed by atoms with Crippen LogP contribution >= 0.6 is 7.94 Å². The molecule has 0 saturated heterocycles. The Bertz CT molecular complexity index is 568. The maximum atomic E-state index is 10.5. The van der Waals surface area contributed by atoms with E-state index in [1.807, 2.05) is 12.1 Å². The first-order valence-electron chi connectivity index (χ1n) is 10.7. The van der Waals surface area contributed by atoms with Crippen molar-refractivity contribution in [2.24, 2.45) is 0 Å². The van der Waals surface area contributed by atoms with Gasteiger partial charge in [0, 0.05) is 0 Å². The SMILES string of the molecule is CCCCCCCCC[PH](O)(O)Oc1ccc(C(C)(C)C)cc1C(C)(C)C. The van der Waals surface area contributed by atoms with Crippen molar-refractivity contribution in [2.75, 3.05) is 6.16 Å². The van der Waals surface area contributed by atoms with Gasteiger partial charge in [0.1, 0.15) is 0 Å². The number of hydrogen-bond acceptors (Lipinski definition) is 3. The molecular formula is C23H43O3P. The van der Waals surface area contributed by atoms with Crippen molar-refractivity contribution < 1.29 is 14.3 Å². The number of benzene rings is 1. The predicted octanol–water partition coefficient (Wildman–Crippen LogP) is 6.89. The van der Waals surface area contributed by atoms with Crippen molar-refractivity contribution in [3.63, 3.8) is 0 Å². The summed E-state index contributed by atoms with van der Waals surface area (Å²) in [6, 6.07) is 6.12. The molecule has 158 valence electrons. The van der Waals surface area contributed by atoms with Gasteiger partial charge in [-0.3, -0.25) is 0 Å². The van der Waals surface area contributed by atoms with Crippen LogP contribution in [0, 0.1) is 0 Å². The molecule has 27 heavy (non-hydrogen) atoms. The van der Waals surface area contributed by atoms with Gasteiger partial charge in [-0.25, -0.2) is 0 Å². The van der Waals surface area contributed by atoms with Gasteiger partial charge in [0.2, 0.25) is 0 Å². The van der Waals surface area contributed by atoms with Gasteiger partial charge in [0.05, 0.1) is 0 Å². The summed E-state index contributed by atoms with van der Waals surface area (Å²) in [4.78, 5) is 21.0. The average molecular weight is 399 g/mol. The molecule has 0 radical (unpaired) electrons. The minimum absolute atomic E-state index is 0.0449. The summed E-state index contributed by atoms with van der Waals surface area (Å²) in [5.74, 6) is 0.620. The summed E-state index contributed by atoms with van der Waals surface area (Å²) >= 11 is 0. The van der Waals surface area contributed by atoms with E-state index in [2.05, 4.69) is 54.5 Å². The Balaban J connectivity index is 2.75.